The molecule has 3 nitrogen and oxygen atoms in total. The van der Waals surface area contributed by atoms with Gasteiger partial charge in [0.15, 0.2) is 0 Å². The van der Waals surface area contributed by atoms with Crippen molar-refractivity contribution in [3.63, 3.8) is 0 Å². The molecule has 0 bridgehead atoms. The number of aryl methyl sites for hydroxylation is 2. The van der Waals surface area contributed by atoms with Crippen molar-refractivity contribution in [2.24, 2.45) is 0 Å². The minimum absolute atomic E-state index is 0.463. The highest BCUT2D eigenvalue weighted by Gasteiger charge is 2.09. The van der Waals surface area contributed by atoms with E-state index in [-0.39, 0.29) is 0 Å². The minimum atomic E-state index is 0.463. The van der Waals surface area contributed by atoms with Crippen molar-refractivity contribution in [2.45, 2.75) is 13.8 Å². The van der Waals surface area contributed by atoms with Crippen molar-refractivity contribution in [1.82, 2.24) is 15.0 Å². The van der Waals surface area contributed by atoms with Gasteiger partial charge < -0.3 is 4.98 Å². The van der Waals surface area contributed by atoms with Gasteiger partial charge in [-0.1, -0.05) is 11.6 Å². The summed E-state index contributed by atoms with van der Waals surface area (Å²) in [5.74, 6) is 0.758. The van der Waals surface area contributed by atoms with Gasteiger partial charge in [0.25, 0.3) is 0 Å². The van der Waals surface area contributed by atoms with E-state index in [1.165, 1.54) is 11.1 Å². The number of nitrogens with zero attached hydrogens (tertiary/aromatic N) is 2. The number of H-pyrrole nitrogens is 1. The van der Waals surface area contributed by atoms with E-state index in [0.29, 0.717) is 5.15 Å². The number of nitrogens with one attached hydrogen (secondary N) is 1. The van der Waals surface area contributed by atoms with E-state index in [9.17, 15) is 0 Å². The number of imidazole rings is 1. The third kappa shape index (κ3) is 1.77. The summed E-state index contributed by atoms with van der Waals surface area (Å²) >= 11 is 6.08. The van der Waals surface area contributed by atoms with Crippen molar-refractivity contribution in [1.29, 1.82) is 0 Å². The second-order valence-electron chi connectivity index (χ2n) is 4.38. The fourth-order valence-electron chi connectivity index (χ4n) is 1.96. The monoisotopic (exact) mass is 257 g/mol. The summed E-state index contributed by atoms with van der Waals surface area (Å²) in [6.07, 6.45) is 1.67. The van der Waals surface area contributed by atoms with Crippen LogP contribution in [0.2, 0.25) is 5.15 Å². The summed E-state index contributed by atoms with van der Waals surface area (Å²) in [7, 11) is 0. The lowest BCUT2D eigenvalue weighted by Gasteiger charge is -1.97. The Labute approximate surface area is 110 Å². The third-order valence-electron chi connectivity index (χ3n) is 3.11. The van der Waals surface area contributed by atoms with Crippen LogP contribution in [0.4, 0.5) is 0 Å². The topological polar surface area (TPSA) is 41.6 Å². The van der Waals surface area contributed by atoms with Crippen LogP contribution in [0.15, 0.2) is 30.5 Å². The molecular formula is C14H12ClN3. The van der Waals surface area contributed by atoms with Crippen LogP contribution in [-0.4, -0.2) is 15.0 Å². The van der Waals surface area contributed by atoms with E-state index in [2.05, 4.69) is 40.9 Å². The molecule has 1 N–H and O–H groups in total. The molecule has 0 fully saturated rings. The Kier molecular flexibility index (Phi) is 2.56. The van der Waals surface area contributed by atoms with Gasteiger partial charge in [0, 0.05) is 6.20 Å². The normalized spacial score (nSPS) is 11.1. The third-order valence-corrected chi connectivity index (χ3v) is 3.41. The molecule has 90 valence electrons. The summed E-state index contributed by atoms with van der Waals surface area (Å²) in [4.78, 5) is 11.9. The van der Waals surface area contributed by atoms with Gasteiger partial charge in [0.05, 0.1) is 16.6 Å². The quantitative estimate of drug-likeness (QED) is 0.672. The fraction of sp³-hybridized carbons (Fsp3) is 0.143. The van der Waals surface area contributed by atoms with Gasteiger partial charge in [-0.15, -0.1) is 0 Å². The minimum Gasteiger partial charge on any atom is -0.338 e. The maximum atomic E-state index is 6.08. The lowest BCUT2D eigenvalue weighted by Crippen LogP contribution is -1.83. The number of aromatic nitrogens is 3. The largest absolute Gasteiger partial charge is 0.338 e. The van der Waals surface area contributed by atoms with Gasteiger partial charge in [-0.05, 0) is 49.2 Å². The lowest BCUT2D eigenvalue weighted by atomic mass is 10.1. The number of fused-ring (bicyclic) bond motifs is 1. The van der Waals surface area contributed by atoms with Crippen LogP contribution in [0.25, 0.3) is 22.4 Å². The standard InChI is InChI=1S/C14H12ClN3/c1-8-6-11-12(7-9(8)2)18-14(17-11)10-4-3-5-16-13(10)15/h3-7H,1-2H3,(H,17,18). The second-order valence-corrected chi connectivity index (χ2v) is 4.74. The number of halogens is 1. The van der Waals surface area contributed by atoms with Gasteiger partial charge in [0.2, 0.25) is 0 Å². The highest BCUT2D eigenvalue weighted by molar-refractivity contribution is 6.31. The number of hydrogen-bond acceptors (Lipinski definition) is 2. The summed E-state index contributed by atoms with van der Waals surface area (Å²) in [6, 6.07) is 7.94. The molecule has 2 aromatic heterocycles. The van der Waals surface area contributed by atoms with Crippen molar-refractivity contribution in [3.05, 3.63) is 46.7 Å². The van der Waals surface area contributed by atoms with Crippen LogP contribution in [0.5, 0.6) is 0 Å². The highest BCUT2D eigenvalue weighted by atomic mass is 35.5. The summed E-state index contributed by atoms with van der Waals surface area (Å²) < 4.78 is 0. The molecule has 0 amide bonds. The first kappa shape index (κ1) is 11.2. The van der Waals surface area contributed by atoms with Crippen LogP contribution in [0.3, 0.4) is 0 Å². The molecule has 0 spiro atoms. The van der Waals surface area contributed by atoms with Gasteiger partial charge >= 0.3 is 0 Å². The number of rotatable bonds is 1. The predicted octanol–water partition coefficient (Wildman–Crippen LogP) is 3.90. The van der Waals surface area contributed by atoms with Gasteiger partial charge in [-0.2, -0.15) is 0 Å². The highest BCUT2D eigenvalue weighted by Crippen LogP contribution is 2.26. The number of hydrogen-bond donors (Lipinski definition) is 1. The Balaban J connectivity index is 2.23. The Morgan fingerprint density at radius 2 is 1.94 bits per heavy atom. The zero-order chi connectivity index (χ0) is 12.7. The van der Waals surface area contributed by atoms with E-state index >= 15 is 0 Å². The molecular weight excluding hydrogens is 246 g/mol. The van der Waals surface area contributed by atoms with Crippen LogP contribution in [-0.2, 0) is 0 Å². The Morgan fingerprint density at radius 3 is 2.72 bits per heavy atom. The van der Waals surface area contributed by atoms with Gasteiger partial charge in [0.1, 0.15) is 11.0 Å². The molecule has 4 heteroatoms. The number of benzene rings is 1. The maximum Gasteiger partial charge on any atom is 0.141 e. The van der Waals surface area contributed by atoms with Crippen LogP contribution in [0, 0.1) is 13.8 Å². The van der Waals surface area contributed by atoms with Crippen LogP contribution < -0.4 is 0 Å². The van der Waals surface area contributed by atoms with Crippen LogP contribution in [0.1, 0.15) is 11.1 Å². The molecule has 18 heavy (non-hydrogen) atoms. The second kappa shape index (κ2) is 4.10. The molecule has 3 rings (SSSR count). The molecule has 0 saturated carbocycles. The number of aromatic amines is 1. The molecule has 0 aliphatic heterocycles. The average Bonchev–Trinajstić information content (AvgIpc) is 2.73. The SMILES string of the molecule is Cc1cc2nc(-c3cccnc3Cl)[nH]c2cc1C. The summed E-state index contributed by atoms with van der Waals surface area (Å²) in [5, 5.41) is 0.463. The average molecular weight is 258 g/mol. The lowest BCUT2D eigenvalue weighted by molar-refractivity contribution is 1.27. The van der Waals surface area contributed by atoms with Gasteiger partial charge in [-0.3, -0.25) is 0 Å². The van der Waals surface area contributed by atoms with E-state index in [1.54, 1.807) is 6.20 Å². The molecule has 0 unspecified atom stereocenters. The Bertz CT molecular complexity index is 692. The first-order valence-corrected chi connectivity index (χ1v) is 6.11. The molecule has 0 atom stereocenters. The van der Waals surface area contributed by atoms with Crippen molar-refractivity contribution in [3.8, 4) is 11.4 Å². The molecule has 0 saturated heterocycles. The summed E-state index contributed by atoms with van der Waals surface area (Å²) in [6.45, 7) is 4.17. The van der Waals surface area contributed by atoms with Crippen molar-refractivity contribution >= 4 is 22.6 Å². The first-order chi connectivity index (χ1) is 8.65. The fourth-order valence-corrected chi connectivity index (χ4v) is 2.17. The molecule has 0 radical (unpaired) electrons. The van der Waals surface area contributed by atoms with E-state index in [1.807, 2.05) is 12.1 Å². The predicted molar refractivity (Wildman–Crippen MR) is 73.8 cm³/mol. The van der Waals surface area contributed by atoms with E-state index in [4.69, 9.17) is 11.6 Å². The molecule has 0 aliphatic rings. The maximum absolute atomic E-state index is 6.08. The van der Waals surface area contributed by atoms with Crippen LogP contribution >= 0.6 is 11.6 Å². The van der Waals surface area contributed by atoms with Crippen molar-refractivity contribution < 1.29 is 0 Å². The molecule has 1 aromatic carbocycles. The van der Waals surface area contributed by atoms with Gasteiger partial charge in [-0.25, -0.2) is 9.97 Å². The smallest absolute Gasteiger partial charge is 0.141 e. The Morgan fingerprint density at radius 1 is 1.17 bits per heavy atom. The zero-order valence-corrected chi connectivity index (χ0v) is 10.9. The Hall–Kier alpha value is -1.87. The number of pyridine rings is 1. The van der Waals surface area contributed by atoms with E-state index < -0.39 is 0 Å². The summed E-state index contributed by atoms with van der Waals surface area (Å²) in [5.41, 5.74) is 5.28. The molecule has 3 aromatic rings. The van der Waals surface area contributed by atoms with Crippen molar-refractivity contribution in [2.75, 3.05) is 0 Å². The molecule has 0 aliphatic carbocycles. The zero-order valence-electron chi connectivity index (χ0n) is 10.2. The first-order valence-electron chi connectivity index (χ1n) is 5.73. The molecule has 2 heterocycles. The van der Waals surface area contributed by atoms with E-state index in [0.717, 1.165) is 22.4 Å².